The van der Waals surface area contributed by atoms with Crippen LogP contribution in [0.2, 0.25) is 0 Å². The second kappa shape index (κ2) is 5.17. The number of nitrogens with zero attached hydrogens (tertiary/aromatic N) is 4. The van der Waals surface area contributed by atoms with Crippen LogP contribution in [0.15, 0.2) is 48.5 Å². The van der Waals surface area contributed by atoms with Crippen LogP contribution < -0.4 is 0 Å². The zero-order chi connectivity index (χ0) is 14.8. The first kappa shape index (κ1) is 13.0. The van der Waals surface area contributed by atoms with Crippen LogP contribution in [0.4, 0.5) is 4.39 Å². The lowest BCUT2D eigenvalue weighted by molar-refractivity contribution is 0.608. The Morgan fingerprint density at radius 1 is 1.10 bits per heavy atom. The van der Waals surface area contributed by atoms with Crippen LogP contribution in [-0.2, 0) is 0 Å². The van der Waals surface area contributed by atoms with Crippen molar-refractivity contribution in [2.45, 2.75) is 6.92 Å². The van der Waals surface area contributed by atoms with Crippen molar-refractivity contribution in [1.82, 2.24) is 15.0 Å². The molecule has 0 aliphatic carbocycles. The first-order valence-electron chi connectivity index (χ1n) is 6.38. The molecule has 0 spiro atoms. The Balaban J connectivity index is 2.25. The fourth-order valence-electron chi connectivity index (χ4n) is 2.12. The maximum absolute atomic E-state index is 14.0. The van der Waals surface area contributed by atoms with E-state index in [0.29, 0.717) is 5.69 Å². The van der Waals surface area contributed by atoms with Crippen molar-refractivity contribution >= 4 is 0 Å². The molecule has 0 atom stereocenters. The predicted octanol–water partition coefficient (Wildman–Crippen LogP) is 3.25. The minimum absolute atomic E-state index is 0.169. The summed E-state index contributed by atoms with van der Waals surface area (Å²) in [6.45, 7) is 1.97. The number of nitriles is 1. The third-order valence-electron chi connectivity index (χ3n) is 3.18. The second-order valence-electron chi connectivity index (χ2n) is 4.63. The molecule has 0 saturated heterocycles. The van der Waals surface area contributed by atoms with Crippen molar-refractivity contribution in [3.63, 3.8) is 0 Å². The fraction of sp³-hybridized carbons (Fsp3) is 0.0625. The number of hydrogen-bond donors (Lipinski definition) is 0. The van der Waals surface area contributed by atoms with E-state index < -0.39 is 5.82 Å². The van der Waals surface area contributed by atoms with Crippen LogP contribution in [0, 0.1) is 24.1 Å². The zero-order valence-electron chi connectivity index (χ0n) is 11.3. The van der Waals surface area contributed by atoms with Gasteiger partial charge in [0.2, 0.25) is 0 Å². The molecule has 0 bridgehead atoms. The Kier molecular flexibility index (Phi) is 3.20. The average molecular weight is 278 g/mol. The number of para-hydroxylation sites is 1. The topological polar surface area (TPSA) is 54.5 Å². The van der Waals surface area contributed by atoms with Gasteiger partial charge in [-0.2, -0.15) is 5.26 Å². The highest BCUT2D eigenvalue weighted by atomic mass is 19.1. The summed E-state index contributed by atoms with van der Waals surface area (Å²) in [7, 11) is 0. The molecule has 0 aliphatic heterocycles. The second-order valence-corrected chi connectivity index (χ2v) is 4.63. The van der Waals surface area contributed by atoms with Gasteiger partial charge < -0.3 is 0 Å². The fourth-order valence-corrected chi connectivity index (χ4v) is 2.12. The normalized spacial score (nSPS) is 10.3. The molecule has 0 unspecified atom stereocenters. The van der Waals surface area contributed by atoms with Gasteiger partial charge in [-0.1, -0.05) is 47.2 Å². The molecule has 2 aromatic carbocycles. The van der Waals surface area contributed by atoms with Gasteiger partial charge >= 0.3 is 0 Å². The molecule has 21 heavy (non-hydrogen) atoms. The van der Waals surface area contributed by atoms with Gasteiger partial charge in [0.05, 0.1) is 0 Å². The molecule has 4 nitrogen and oxygen atoms in total. The summed E-state index contributed by atoms with van der Waals surface area (Å²) in [4.78, 5) is 0. The minimum atomic E-state index is -0.416. The lowest BCUT2D eigenvalue weighted by Crippen LogP contribution is -2.02. The Bertz CT molecular complexity index is 828. The Morgan fingerprint density at radius 2 is 1.81 bits per heavy atom. The molecule has 0 saturated carbocycles. The Morgan fingerprint density at radius 3 is 2.48 bits per heavy atom. The Hall–Kier alpha value is -3.00. The molecular formula is C16H11FN4. The molecule has 3 aromatic rings. The van der Waals surface area contributed by atoms with Crippen LogP contribution in [0.3, 0.4) is 0 Å². The van der Waals surface area contributed by atoms with Gasteiger partial charge in [-0.3, -0.25) is 0 Å². The number of rotatable bonds is 2. The number of aryl methyl sites for hydroxylation is 1. The number of hydrogen-bond acceptors (Lipinski definition) is 3. The predicted molar refractivity (Wildman–Crippen MR) is 76.2 cm³/mol. The summed E-state index contributed by atoms with van der Waals surface area (Å²) >= 11 is 0. The van der Waals surface area contributed by atoms with E-state index in [1.807, 2.05) is 37.3 Å². The van der Waals surface area contributed by atoms with Crippen LogP contribution in [0.25, 0.3) is 16.9 Å². The van der Waals surface area contributed by atoms with Crippen LogP contribution in [-0.4, -0.2) is 15.0 Å². The van der Waals surface area contributed by atoms with Gasteiger partial charge in [0.1, 0.15) is 23.3 Å². The third kappa shape index (κ3) is 2.28. The lowest BCUT2D eigenvalue weighted by Gasteiger charge is -2.07. The first-order chi connectivity index (χ1) is 10.2. The highest BCUT2D eigenvalue weighted by molar-refractivity contribution is 5.67. The van der Waals surface area contributed by atoms with E-state index in [-0.39, 0.29) is 11.4 Å². The van der Waals surface area contributed by atoms with E-state index in [9.17, 15) is 9.65 Å². The summed E-state index contributed by atoms with van der Waals surface area (Å²) in [6, 6.07) is 15.9. The molecule has 0 aliphatic rings. The zero-order valence-corrected chi connectivity index (χ0v) is 11.3. The molecule has 0 radical (unpaired) electrons. The summed E-state index contributed by atoms with van der Waals surface area (Å²) < 4.78 is 15.3. The molecule has 0 fully saturated rings. The van der Waals surface area contributed by atoms with Gasteiger partial charge in [0, 0.05) is 5.56 Å². The highest BCUT2D eigenvalue weighted by Crippen LogP contribution is 2.26. The minimum Gasteiger partial charge on any atom is -0.208 e. The molecule has 3 rings (SSSR count). The number of aromatic nitrogens is 3. The van der Waals surface area contributed by atoms with E-state index in [2.05, 4.69) is 10.3 Å². The summed E-state index contributed by atoms with van der Waals surface area (Å²) in [5.41, 5.74) is 2.79. The molecule has 1 aromatic heterocycles. The maximum Gasteiger partial charge on any atom is 0.191 e. The third-order valence-corrected chi connectivity index (χ3v) is 3.18. The monoisotopic (exact) mass is 278 g/mol. The summed E-state index contributed by atoms with van der Waals surface area (Å²) in [5.74, 6) is -0.416. The van der Waals surface area contributed by atoms with Gasteiger partial charge in [-0.05, 0) is 19.1 Å². The smallest absolute Gasteiger partial charge is 0.191 e. The van der Waals surface area contributed by atoms with Crippen molar-refractivity contribution in [1.29, 1.82) is 5.26 Å². The maximum atomic E-state index is 14.0. The summed E-state index contributed by atoms with van der Waals surface area (Å²) in [5, 5.41) is 17.0. The molecule has 0 amide bonds. The largest absolute Gasteiger partial charge is 0.208 e. The van der Waals surface area contributed by atoms with Gasteiger partial charge in [0.15, 0.2) is 5.69 Å². The number of halogens is 1. The molecule has 102 valence electrons. The van der Waals surface area contributed by atoms with Crippen molar-refractivity contribution < 1.29 is 4.39 Å². The van der Waals surface area contributed by atoms with Crippen LogP contribution >= 0.6 is 0 Å². The Labute approximate surface area is 121 Å². The molecule has 5 heteroatoms. The quantitative estimate of drug-likeness (QED) is 0.723. The van der Waals surface area contributed by atoms with Crippen LogP contribution in [0.1, 0.15) is 11.3 Å². The van der Waals surface area contributed by atoms with Crippen molar-refractivity contribution in [2.24, 2.45) is 0 Å². The van der Waals surface area contributed by atoms with Crippen molar-refractivity contribution in [2.75, 3.05) is 0 Å². The number of benzene rings is 2. The van der Waals surface area contributed by atoms with E-state index in [1.165, 1.54) is 10.7 Å². The van der Waals surface area contributed by atoms with Gasteiger partial charge in [-0.15, -0.1) is 5.10 Å². The lowest BCUT2D eigenvalue weighted by atomic mass is 10.1. The standard InChI is InChI=1S/C16H11FN4/c1-11-6-8-12(9-7-11)16-14(10-18)19-20-21(16)15-5-3-2-4-13(15)17/h2-9H,1H3. The van der Waals surface area contributed by atoms with Gasteiger partial charge in [0.25, 0.3) is 0 Å². The van der Waals surface area contributed by atoms with E-state index in [1.54, 1.807) is 18.2 Å². The van der Waals surface area contributed by atoms with Gasteiger partial charge in [-0.25, -0.2) is 9.07 Å². The molecule has 0 N–H and O–H groups in total. The van der Waals surface area contributed by atoms with E-state index in [4.69, 9.17) is 0 Å². The molecular weight excluding hydrogens is 267 g/mol. The average Bonchev–Trinajstić information content (AvgIpc) is 2.92. The van der Waals surface area contributed by atoms with Crippen molar-refractivity contribution in [3.05, 3.63) is 65.6 Å². The van der Waals surface area contributed by atoms with Crippen LogP contribution in [0.5, 0.6) is 0 Å². The SMILES string of the molecule is Cc1ccc(-c2c(C#N)nnn2-c2ccccc2F)cc1. The van der Waals surface area contributed by atoms with E-state index in [0.717, 1.165) is 11.1 Å². The summed E-state index contributed by atoms with van der Waals surface area (Å²) in [6.07, 6.45) is 0. The highest BCUT2D eigenvalue weighted by Gasteiger charge is 2.17. The first-order valence-corrected chi connectivity index (χ1v) is 6.38. The van der Waals surface area contributed by atoms with Crippen molar-refractivity contribution in [3.8, 4) is 23.0 Å². The van der Waals surface area contributed by atoms with E-state index >= 15 is 0 Å². The molecule has 1 heterocycles.